The van der Waals surface area contributed by atoms with E-state index >= 15 is 0 Å². The molecule has 0 radical (unpaired) electrons. The van der Waals surface area contributed by atoms with E-state index in [1.54, 1.807) is 0 Å². The molecule has 0 aliphatic carbocycles. The highest BCUT2D eigenvalue weighted by atomic mass is 15.2. The van der Waals surface area contributed by atoms with Gasteiger partial charge < -0.3 is 9.80 Å². The Labute approximate surface area is 471 Å². The van der Waals surface area contributed by atoms with Crippen LogP contribution in [0.1, 0.15) is 55.6 Å². The monoisotopic (exact) mass is 1020 g/mol. The topological polar surface area (TPSA) is 6.48 Å². The molecule has 80 heavy (non-hydrogen) atoms. The van der Waals surface area contributed by atoms with Gasteiger partial charge in [-0.3, -0.25) is 0 Å². The van der Waals surface area contributed by atoms with Crippen molar-refractivity contribution in [1.29, 1.82) is 0 Å². The van der Waals surface area contributed by atoms with Crippen molar-refractivity contribution in [3.63, 3.8) is 0 Å². The average Bonchev–Trinajstić information content (AvgIpc) is 3.55. The van der Waals surface area contributed by atoms with E-state index in [2.05, 4.69) is 351 Å². The first-order valence-corrected chi connectivity index (χ1v) is 27.5. The lowest BCUT2D eigenvalue weighted by Crippen LogP contribution is -2.13. The molecule has 12 rings (SSSR count). The van der Waals surface area contributed by atoms with Crippen LogP contribution in [0.3, 0.4) is 0 Å². The molecular weight excluding hydrogens is 965 g/mol. The first-order valence-electron chi connectivity index (χ1n) is 27.5. The number of benzene rings is 12. The van der Waals surface area contributed by atoms with E-state index in [-0.39, 0.29) is 0 Å². The molecular formula is C78H60N2. The molecule has 12 aromatic carbocycles. The average molecular weight is 1030 g/mol. The van der Waals surface area contributed by atoms with Gasteiger partial charge in [0.15, 0.2) is 0 Å². The smallest absolute Gasteiger partial charge is 0.0569 e. The molecule has 0 bridgehead atoms. The summed E-state index contributed by atoms with van der Waals surface area (Å²) in [5.41, 5.74) is 20.6. The second kappa shape index (κ2) is 23.5. The summed E-state index contributed by atoms with van der Waals surface area (Å²) in [7, 11) is 0. The lowest BCUT2D eigenvalue weighted by atomic mass is 9.88. The zero-order chi connectivity index (χ0) is 54.0. The van der Waals surface area contributed by atoms with E-state index in [4.69, 9.17) is 0 Å². The number of anilines is 6. The van der Waals surface area contributed by atoms with Crippen LogP contribution in [0.5, 0.6) is 0 Å². The molecule has 0 atom stereocenters. The fourth-order valence-electron chi connectivity index (χ4n) is 10.8. The highest BCUT2D eigenvalue weighted by Crippen LogP contribution is 2.49. The summed E-state index contributed by atoms with van der Waals surface area (Å²) in [5, 5.41) is 4.74. The van der Waals surface area contributed by atoms with Gasteiger partial charge in [0.1, 0.15) is 0 Å². The Bertz CT molecular complexity index is 3710. The van der Waals surface area contributed by atoms with Crippen molar-refractivity contribution in [1.82, 2.24) is 0 Å². The summed E-state index contributed by atoms with van der Waals surface area (Å²) in [5.74, 6) is 0. The Hall–Kier alpha value is -10.3. The van der Waals surface area contributed by atoms with Gasteiger partial charge in [-0.1, -0.05) is 267 Å². The van der Waals surface area contributed by atoms with Gasteiger partial charge in [0.25, 0.3) is 0 Å². The van der Waals surface area contributed by atoms with E-state index in [9.17, 15) is 0 Å². The molecule has 0 fully saturated rings. The molecule has 382 valence electrons. The Balaban J connectivity index is 0.968. The molecule has 0 heterocycles. The highest BCUT2D eigenvalue weighted by molar-refractivity contribution is 6.14. The number of aryl methyl sites for hydroxylation is 2. The molecule has 0 unspecified atom stereocenters. The van der Waals surface area contributed by atoms with Gasteiger partial charge in [-0.25, -0.2) is 0 Å². The standard InChI is InChI=1S/C78H60N2/c1-57-55-75(71-27-15-17-29-73(71)77(57)79(67-47-39-63(40-48-67)35-31-59-19-7-3-8-20-59)68-49-41-64(42-50-68)36-32-60-21-9-4-10-22-60)76-56-58(2)78(74-30-18-16-28-72(74)76)80(69-51-43-65(44-52-69)37-33-61-23-11-5-12-24-61)70-53-45-66(46-54-70)38-34-62-25-13-6-14-26-62/h3-56H,1-2H3. The summed E-state index contributed by atoms with van der Waals surface area (Å²) < 4.78 is 0. The summed E-state index contributed by atoms with van der Waals surface area (Å²) in [6.07, 6.45) is 17.4. The zero-order valence-corrected chi connectivity index (χ0v) is 45.1. The molecule has 2 nitrogen and oxygen atoms in total. The third kappa shape index (κ3) is 11.2. The molecule has 0 N–H and O–H groups in total. The number of hydrogen-bond acceptors (Lipinski definition) is 2. The van der Waals surface area contributed by atoms with Crippen molar-refractivity contribution in [2.45, 2.75) is 13.8 Å². The van der Waals surface area contributed by atoms with Crippen molar-refractivity contribution in [3.05, 3.63) is 335 Å². The van der Waals surface area contributed by atoms with E-state index in [0.717, 1.165) is 56.4 Å². The maximum Gasteiger partial charge on any atom is 0.0569 e. The van der Waals surface area contributed by atoms with Crippen molar-refractivity contribution in [2.24, 2.45) is 0 Å². The van der Waals surface area contributed by atoms with Gasteiger partial charge in [-0.05, 0) is 152 Å². The molecule has 12 aromatic rings. The Morgan fingerprint density at radius 3 is 0.650 bits per heavy atom. The third-order valence-corrected chi connectivity index (χ3v) is 14.8. The maximum atomic E-state index is 2.44. The van der Waals surface area contributed by atoms with Crippen LogP contribution in [0.25, 0.3) is 81.3 Å². The number of rotatable bonds is 15. The van der Waals surface area contributed by atoms with Crippen molar-refractivity contribution in [3.8, 4) is 11.1 Å². The first-order chi connectivity index (χ1) is 39.5. The van der Waals surface area contributed by atoms with Gasteiger partial charge in [-0.2, -0.15) is 0 Å². The van der Waals surface area contributed by atoms with Crippen LogP contribution in [0.2, 0.25) is 0 Å². The van der Waals surface area contributed by atoms with E-state index in [0.29, 0.717) is 0 Å². The predicted octanol–water partition coefficient (Wildman–Crippen LogP) is 21.9. The van der Waals surface area contributed by atoms with E-state index in [1.165, 1.54) is 66.1 Å². The number of nitrogens with zero attached hydrogens (tertiary/aromatic N) is 2. The van der Waals surface area contributed by atoms with Crippen LogP contribution in [0, 0.1) is 13.8 Å². The molecule has 0 amide bonds. The normalized spacial score (nSPS) is 11.7. The maximum absolute atomic E-state index is 2.44. The fraction of sp³-hybridized carbons (Fsp3) is 0.0256. The molecule has 0 saturated heterocycles. The van der Waals surface area contributed by atoms with E-state index < -0.39 is 0 Å². The molecule has 0 saturated carbocycles. The minimum atomic E-state index is 1.08. The Morgan fingerprint density at radius 1 is 0.212 bits per heavy atom. The van der Waals surface area contributed by atoms with Crippen LogP contribution in [-0.2, 0) is 0 Å². The zero-order valence-electron chi connectivity index (χ0n) is 45.1. The van der Waals surface area contributed by atoms with Crippen LogP contribution in [0.15, 0.2) is 279 Å². The van der Waals surface area contributed by atoms with Crippen molar-refractivity contribution >= 4 is 104 Å². The molecule has 0 aliphatic heterocycles. The molecule has 0 aromatic heterocycles. The minimum absolute atomic E-state index is 1.08. The van der Waals surface area contributed by atoms with Crippen molar-refractivity contribution < 1.29 is 0 Å². The lowest BCUT2D eigenvalue weighted by molar-refractivity contribution is 1.26. The number of hydrogen-bond donors (Lipinski definition) is 0. The second-order valence-electron chi connectivity index (χ2n) is 20.3. The van der Waals surface area contributed by atoms with Crippen LogP contribution >= 0.6 is 0 Å². The van der Waals surface area contributed by atoms with Gasteiger partial charge >= 0.3 is 0 Å². The van der Waals surface area contributed by atoms with Gasteiger partial charge in [0.05, 0.1) is 11.4 Å². The Morgan fingerprint density at radius 2 is 0.412 bits per heavy atom. The first kappa shape index (κ1) is 50.5. The summed E-state index contributed by atoms with van der Waals surface area (Å²) >= 11 is 0. The van der Waals surface area contributed by atoms with Crippen LogP contribution < -0.4 is 9.80 Å². The van der Waals surface area contributed by atoms with Crippen molar-refractivity contribution in [2.75, 3.05) is 9.80 Å². The second-order valence-corrected chi connectivity index (χ2v) is 20.3. The summed E-state index contributed by atoms with van der Waals surface area (Å²) in [6.45, 7) is 4.55. The van der Waals surface area contributed by atoms with Crippen LogP contribution in [0.4, 0.5) is 34.1 Å². The summed E-state index contributed by atoms with van der Waals surface area (Å²) in [4.78, 5) is 4.87. The Kier molecular flexibility index (Phi) is 14.9. The van der Waals surface area contributed by atoms with Gasteiger partial charge in [0.2, 0.25) is 0 Å². The summed E-state index contributed by atoms with van der Waals surface area (Å²) in [6, 6.07) is 100. The largest absolute Gasteiger partial charge is 0.310 e. The fourth-order valence-corrected chi connectivity index (χ4v) is 10.8. The highest BCUT2D eigenvalue weighted by Gasteiger charge is 2.24. The van der Waals surface area contributed by atoms with Crippen LogP contribution in [-0.4, -0.2) is 0 Å². The quantitative estimate of drug-likeness (QED) is 0.0944. The van der Waals surface area contributed by atoms with E-state index in [1.807, 2.05) is 0 Å². The molecule has 2 heteroatoms. The minimum Gasteiger partial charge on any atom is -0.310 e. The SMILES string of the molecule is Cc1cc(-c2cc(C)c(N(c3ccc(C=Cc4ccccc4)cc3)c3ccc(C=Cc4ccccc4)cc3)c3ccccc23)c2ccccc2c1N(c1ccc(C=Cc2ccccc2)cc1)c1ccc(C=Cc2ccccc2)cc1. The molecule has 0 aliphatic rings. The molecule has 0 spiro atoms. The van der Waals surface area contributed by atoms with Gasteiger partial charge in [0, 0.05) is 33.5 Å². The lowest BCUT2D eigenvalue weighted by Gasteiger charge is -2.31. The third-order valence-electron chi connectivity index (χ3n) is 14.8. The predicted molar refractivity (Wildman–Crippen MR) is 347 cm³/mol. The van der Waals surface area contributed by atoms with Gasteiger partial charge in [-0.15, -0.1) is 0 Å². The number of fused-ring (bicyclic) bond motifs is 2.